The number of fused-ring (bicyclic) bond motifs is 4. The lowest BCUT2D eigenvalue weighted by atomic mass is 9.99. The third-order valence-corrected chi connectivity index (χ3v) is 6.37. The summed E-state index contributed by atoms with van der Waals surface area (Å²) in [5.41, 5.74) is -0.813. The largest absolute Gasteiger partial charge is 0.467 e. The average molecular weight is 399 g/mol. The molecule has 5 aliphatic rings. The third kappa shape index (κ3) is 2.75. The highest BCUT2D eigenvalue weighted by Gasteiger charge is 2.71. The Bertz CT molecular complexity index is 668. The van der Waals surface area contributed by atoms with Crippen LogP contribution in [0.15, 0.2) is 0 Å². The Morgan fingerprint density at radius 3 is 2.50 bits per heavy atom. The molecule has 5 saturated heterocycles. The van der Waals surface area contributed by atoms with Crippen molar-refractivity contribution in [3.8, 4) is 0 Å². The van der Waals surface area contributed by atoms with Crippen molar-refractivity contribution in [1.82, 2.24) is 5.06 Å². The lowest BCUT2D eigenvalue weighted by Gasteiger charge is -2.37. The lowest BCUT2D eigenvalue weighted by molar-refractivity contribution is -0.325. The molecule has 5 rings (SSSR count). The van der Waals surface area contributed by atoms with Gasteiger partial charge in [0.15, 0.2) is 23.4 Å². The van der Waals surface area contributed by atoms with E-state index in [9.17, 15) is 4.79 Å². The number of hydroxylamine groups is 2. The predicted octanol–water partition coefficient (Wildman–Crippen LogP) is 1.09. The summed E-state index contributed by atoms with van der Waals surface area (Å²) in [7, 11) is 1.37. The van der Waals surface area contributed by atoms with Gasteiger partial charge in [-0.25, -0.2) is 4.79 Å². The number of esters is 1. The molecule has 28 heavy (non-hydrogen) atoms. The van der Waals surface area contributed by atoms with E-state index in [0.29, 0.717) is 13.0 Å². The van der Waals surface area contributed by atoms with Crippen molar-refractivity contribution in [2.45, 2.75) is 101 Å². The van der Waals surface area contributed by atoms with E-state index in [1.165, 1.54) is 7.11 Å². The van der Waals surface area contributed by atoms with Crippen molar-refractivity contribution < 1.29 is 38.1 Å². The van der Waals surface area contributed by atoms with Gasteiger partial charge >= 0.3 is 5.97 Å². The van der Waals surface area contributed by atoms with Crippen LogP contribution in [0.4, 0.5) is 0 Å². The van der Waals surface area contributed by atoms with Gasteiger partial charge in [0.25, 0.3) is 0 Å². The first-order valence-corrected chi connectivity index (χ1v) is 10.0. The first-order valence-electron chi connectivity index (χ1n) is 10.0. The number of hydrogen-bond donors (Lipinski definition) is 0. The Kier molecular flexibility index (Phi) is 4.18. The maximum atomic E-state index is 12.0. The summed E-state index contributed by atoms with van der Waals surface area (Å²) in [6, 6.07) is 0.0769. The topological polar surface area (TPSA) is 84.9 Å². The van der Waals surface area contributed by atoms with Crippen LogP contribution in [0.5, 0.6) is 0 Å². The van der Waals surface area contributed by atoms with Crippen LogP contribution in [0.1, 0.15) is 47.0 Å². The van der Waals surface area contributed by atoms with Crippen molar-refractivity contribution in [3.63, 3.8) is 0 Å². The molecule has 0 aliphatic carbocycles. The summed E-state index contributed by atoms with van der Waals surface area (Å²) in [5, 5.41) is 1.83. The number of hydrogen-bond acceptors (Lipinski definition) is 9. The molecule has 0 saturated carbocycles. The highest BCUT2D eigenvalue weighted by Crippen LogP contribution is 2.55. The Morgan fingerprint density at radius 2 is 1.82 bits per heavy atom. The molecule has 0 aromatic heterocycles. The second-order valence-corrected chi connectivity index (χ2v) is 9.19. The maximum absolute atomic E-state index is 12.0. The van der Waals surface area contributed by atoms with Crippen LogP contribution in [0.25, 0.3) is 0 Å². The van der Waals surface area contributed by atoms with E-state index in [2.05, 4.69) is 0 Å². The van der Waals surface area contributed by atoms with Gasteiger partial charge in [0.2, 0.25) is 0 Å². The monoisotopic (exact) mass is 399 g/mol. The number of rotatable bonds is 2. The van der Waals surface area contributed by atoms with Gasteiger partial charge in [-0.1, -0.05) is 0 Å². The number of carbonyl (C=O) groups excluding carboxylic acids is 1. The molecule has 158 valence electrons. The minimum atomic E-state index is -0.813. The molecule has 0 bridgehead atoms. The van der Waals surface area contributed by atoms with Crippen LogP contribution in [-0.4, -0.2) is 78.6 Å². The Hall–Kier alpha value is -0.810. The van der Waals surface area contributed by atoms with Crippen molar-refractivity contribution >= 4 is 5.97 Å². The van der Waals surface area contributed by atoms with Crippen molar-refractivity contribution in [1.29, 1.82) is 0 Å². The van der Waals surface area contributed by atoms with Crippen LogP contribution in [0.3, 0.4) is 0 Å². The van der Waals surface area contributed by atoms with E-state index in [0.717, 1.165) is 12.8 Å². The van der Waals surface area contributed by atoms with Crippen LogP contribution in [0, 0.1) is 0 Å². The fraction of sp³-hybridized carbons (Fsp3) is 0.947. The molecule has 0 aromatic rings. The highest BCUT2D eigenvalue weighted by atomic mass is 16.8. The molecular formula is C19H29NO8. The zero-order valence-electron chi connectivity index (χ0n) is 17.0. The summed E-state index contributed by atoms with van der Waals surface area (Å²) in [6.07, 6.45) is 0.276. The Balaban J connectivity index is 1.44. The van der Waals surface area contributed by atoms with E-state index in [1.54, 1.807) is 0 Å². The van der Waals surface area contributed by atoms with E-state index < -0.39 is 23.4 Å². The number of carbonyl (C=O) groups is 1. The molecular weight excluding hydrogens is 370 g/mol. The van der Waals surface area contributed by atoms with Crippen molar-refractivity contribution in [2.75, 3.05) is 13.7 Å². The molecule has 0 radical (unpaired) electrons. The molecule has 5 fully saturated rings. The zero-order valence-corrected chi connectivity index (χ0v) is 17.0. The minimum Gasteiger partial charge on any atom is -0.467 e. The van der Waals surface area contributed by atoms with Gasteiger partial charge in [-0.2, -0.15) is 5.06 Å². The van der Waals surface area contributed by atoms with Gasteiger partial charge in [0, 0.05) is 12.5 Å². The summed E-state index contributed by atoms with van der Waals surface area (Å²) in [5.74, 6) is -1.76. The molecule has 5 aliphatic heterocycles. The Morgan fingerprint density at radius 1 is 1.04 bits per heavy atom. The molecule has 1 spiro atoms. The number of methoxy groups -OCH3 is 1. The molecule has 0 N–H and O–H groups in total. The molecule has 9 heteroatoms. The molecule has 7 atom stereocenters. The first-order chi connectivity index (χ1) is 13.1. The molecule has 0 aromatic carbocycles. The summed E-state index contributed by atoms with van der Waals surface area (Å²) >= 11 is 0. The van der Waals surface area contributed by atoms with E-state index in [-0.39, 0.29) is 36.4 Å². The van der Waals surface area contributed by atoms with E-state index in [1.807, 2.05) is 32.8 Å². The fourth-order valence-corrected chi connectivity index (χ4v) is 5.29. The molecule has 9 nitrogen and oxygen atoms in total. The highest BCUT2D eigenvalue weighted by molar-refractivity contribution is 5.74. The third-order valence-electron chi connectivity index (χ3n) is 6.37. The van der Waals surface area contributed by atoms with Crippen LogP contribution in [-0.2, 0) is 38.1 Å². The van der Waals surface area contributed by atoms with Crippen LogP contribution in [0.2, 0.25) is 0 Å². The smallest absolute Gasteiger partial charge is 0.337 e. The fourth-order valence-electron chi connectivity index (χ4n) is 5.29. The van der Waals surface area contributed by atoms with Gasteiger partial charge in [-0.3, -0.25) is 4.84 Å². The minimum absolute atomic E-state index is 0.0769. The van der Waals surface area contributed by atoms with Crippen LogP contribution < -0.4 is 0 Å². The van der Waals surface area contributed by atoms with Crippen LogP contribution >= 0.6 is 0 Å². The Labute approximate surface area is 164 Å². The predicted molar refractivity (Wildman–Crippen MR) is 92.7 cm³/mol. The lowest BCUT2D eigenvalue weighted by Crippen LogP contribution is -2.53. The number of ether oxygens (including phenoxy) is 6. The summed E-state index contributed by atoms with van der Waals surface area (Å²) in [4.78, 5) is 18.0. The van der Waals surface area contributed by atoms with Gasteiger partial charge in [-0.15, -0.1) is 0 Å². The molecule has 0 amide bonds. The standard InChI is InChI=1S/C19H29NO8/c1-17(2)23-9-12(24-17)13-14-15(27-18(3,4)25-14)19(26-13)7-6-10-8-11(16(21)22-5)28-20(10)19/h10-15H,6-9H2,1-5H3/t10-,11+,12+,13+,14-,15-,19-/m0/s1. The molecule has 5 heterocycles. The van der Waals surface area contributed by atoms with Gasteiger partial charge < -0.3 is 28.4 Å². The quantitative estimate of drug-likeness (QED) is 0.634. The van der Waals surface area contributed by atoms with Crippen molar-refractivity contribution in [3.05, 3.63) is 0 Å². The van der Waals surface area contributed by atoms with Crippen molar-refractivity contribution in [2.24, 2.45) is 0 Å². The zero-order chi connectivity index (χ0) is 19.9. The number of nitrogens with zero attached hydrogens (tertiary/aromatic N) is 1. The van der Waals surface area contributed by atoms with E-state index in [4.69, 9.17) is 33.3 Å². The average Bonchev–Trinajstić information content (AvgIpc) is 3.37. The first kappa shape index (κ1) is 19.2. The van der Waals surface area contributed by atoms with E-state index >= 15 is 0 Å². The van der Waals surface area contributed by atoms with Gasteiger partial charge in [0.1, 0.15) is 24.4 Å². The molecule has 0 unspecified atom stereocenters. The second kappa shape index (κ2) is 6.10. The summed E-state index contributed by atoms with van der Waals surface area (Å²) < 4.78 is 35.9. The van der Waals surface area contributed by atoms with Gasteiger partial charge in [-0.05, 0) is 40.5 Å². The summed E-state index contributed by atoms with van der Waals surface area (Å²) in [6.45, 7) is 8.01. The normalized spacial score (nSPS) is 48.9. The maximum Gasteiger partial charge on any atom is 0.337 e. The SMILES string of the molecule is COC(=O)[C@H]1C[C@@H]2CC[C@@]3(O[C@H]([C@H]4COC(C)(C)O4)[C@@H]4OC(C)(C)O[C@@H]43)N2O1. The second-order valence-electron chi connectivity index (χ2n) is 9.19. The van der Waals surface area contributed by atoms with Gasteiger partial charge in [0.05, 0.1) is 13.7 Å².